The van der Waals surface area contributed by atoms with Crippen LogP contribution < -0.4 is 10.1 Å². The number of ether oxygens (including phenoxy) is 2. The summed E-state index contributed by atoms with van der Waals surface area (Å²) in [6.07, 6.45) is 1.99. The third-order valence-electron chi connectivity index (χ3n) is 6.45. The normalized spacial score (nSPS) is 16.2. The van der Waals surface area contributed by atoms with Gasteiger partial charge in [0.05, 0.1) is 16.4 Å². The quantitative estimate of drug-likeness (QED) is 0.375. The van der Waals surface area contributed by atoms with Crippen LogP contribution in [-0.4, -0.2) is 30.1 Å². The predicted molar refractivity (Wildman–Crippen MR) is 128 cm³/mol. The van der Waals surface area contributed by atoms with Gasteiger partial charge in [0.1, 0.15) is 5.75 Å². The van der Waals surface area contributed by atoms with Crippen molar-refractivity contribution in [1.29, 1.82) is 0 Å². The maximum absolute atomic E-state index is 13.7. The van der Waals surface area contributed by atoms with E-state index in [1.54, 1.807) is 12.1 Å². The molecule has 7 heteroatoms. The molecule has 0 spiro atoms. The molecule has 1 fully saturated rings. The average molecular weight is 449 g/mol. The van der Waals surface area contributed by atoms with E-state index in [0.717, 1.165) is 28.5 Å². The second-order valence-corrected chi connectivity index (χ2v) is 8.45. The van der Waals surface area contributed by atoms with Crippen molar-refractivity contribution < 1.29 is 19.2 Å². The molecule has 0 radical (unpaired) electrons. The Balaban J connectivity index is 1.69. The molecule has 4 rings (SSSR count). The maximum Gasteiger partial charge on any atom is 0.269 e. The molecule has 172 valence electrons. The second-order valence-electron chi connectivity index (χ2n) is 8.45. The van der Waals surface area contributed by atoms with Crippen molar-refractivity contribution in [3.8, 4) is 5.75 Å². The van der Waals surface area contributed by atoms with Crippen LogP contribution in [0.3, 0.4) is 0 Å². The first-order valence-corrected chi connectivity index (χ1v) is 11.3. The van der Waals surface area contributed by atoms with Crippen LogP contribution in [0.2, 0.25) is 0 Å². The lowest BCUT2D eigenvalue weighted by Crippen LogP contribution is -2.44. The van der Waals surface area contributed by atoms with Crippen LogP contribution in [0.4, 0.5) is 11.4 Å². The number of anilines is 1. The van der Waals surface area contributed by atoms with E-state index in [1.165, 1.54) is 12.1 Å². The van der Waals surface area contributed by atoms with Crippen LogP contribution in [0, 0.1) is 10.1 Å². The number of non-ortho nitro benzene ring substituents is 1. The number of fused-ring (bicyclic) bond motifs is 1. The number of hydrogen-bond donors (Lipinski definition) is 1. The number of nitrogens with zero attached hydrogens (tertiary/aromatic N) is 1. The third-order valence-corrected chi connectivity index (χ3v) is 6.45. The zero-order valence-corrected chi connectivity index (χ0v) is 18.9. The largest absolute Gasteiger partial charge is 0.490 e. The summed E-state index contributed by atoms with van der Waals surface area (Å²) in [4.78, 5) is 24.4. The van der Waals surface area contributed by atoms with Crippen molar-refractivity contribution in [2.75, 3.05) is 18.5 Å². The zero-order valence-electron chi connectivity index (χ0n) is 18.9. The lowest BCUT2D eigenvalue weighted by atomic mass is 9.73. The molecule has 3 aromatic rings. The van der Waals surface area contributed by atoms with Gasteiger partial charge >= 0.3 is 0 Å². The Morgan fingerprint density at radius 3 is 2.39 bits per heavy atom. The minimum absolute atomic E-state index is 0.00394. The van der Waals surface area contributed by atoms with Gasteiger partial charge in [0.15, 0.2) is 0 Å². The molecule has 0 aromatic heterocycles. The summed E-state index contributed by atoms with van der Waals surface area (Å²) >= 11 is 0. The molecule has 0 bridgehead atoms. The van der Waals surface area contributed by atoms with Crippen LogP contribution in [0.1, 0.15) is 38.7 Å². The number of nitrogens with one attached hydrogen (secondary N) is 1. The Morgan fingerprint density at radius 2 is 1.76 bits per heavy atom. The van der Waals surface area contributed by atoms with Crippen molar-refractivity contribution in [2.24, 2.45) is 0 Å². The van der Waals surface area contributed by atoms with Gasteiger partial charge < -0.3 is 14.8 Å². The maximum atomic E-state index is 13.7. The van der Waals surface area contributed by atoms with E-state index in [1.807, 2.05) is 43.3 Å². The molecule has 1 saturated heterocycles. The molecule has 1 heterocycles. The van der Waals surface area contributed by atoms with Crippen molar-refractivity contribution in [3.05, 3.63) is 76.3 Å². The first-order valence-electron chi connectivity index (χ1n) is 11.3. The molecular weight excluding hydrogens is 420 g/mol. The summed E-state index contributed by atoms with van der Waals surface area (Å²) in [5.41, 5.74) is 0.652. The van der Waals surface area contributed by atoms with Gasteiger partial charge in [-0.3, -0.25) is 14.9 Å². The van der Waals surface area contributed by atoms with Crippen LogP contribution in [0.25, 0.3) is 10.8 Å². The van der Waals surface area contributed by atoms with E-state index < -0.39 is 10.3 Å². The summed E-state index contributed by atoms with van der Waals surface area (Å²) in [6.45, 7) is 5.01. The molecule has 1 unspecified atom stereocenters. The van der Waals surface area contributed by atoms with Crippen LogP contribution in [0.15, 0.2) is 60.7 Å². The topological polar surface area (TPSA) is 90.7 Å². The summed E-state index contributed by atoms with van der Waals surface area (Å²) in [5, 5.41) is 16.1. The smallest absolute Gasteiger partial charge is 0.269 e. The highest BCUT2D eigenvalue weighted by Crippen LogP contribution is 2.39. The molecule has 1 N–H and O–H groups in total. The Bertz CT molecular complexity index is 1150. The van der Waals surface area contributed by atoms with Gasteiger partial charge in [-0.2, -0.15) is 0 Å². The Hall–Kier alpha value is -3.45. The molecule has 0 saturated carbocycles. The number of benzene rings is 3. The monoisotopic (exact) mass is 448 g/mol. The molecule has 3 aromatic carbocycles. The number of hydrogen-bond acceptors (Lipinski definition) is 5. The van der Waals surface area contributed by atoms with Gasteiger partial charge in [0, 0.05) is 41.8 Å². The Morgan fingerprint density at radius 1 is 1.09 bits per heavy atom. The summed E-state index contributed by atoms with van der Waals surface area (Å²) in [7, 11) is 0. The van der Waals surface area contributed by atoms with Gasteiger partial charge in [-0.15, -0.1) is 0 Å². The summed E-state index contributed by atoms with van der Waals surface area (Å²) in [6, 6.07) is 17.9. The van der Waals surface area contributed by atoms with Crippen molar-refractivity contribution in [3.63, 3.8) is 0 Å². The molecule has 1 aliphatic heterocycles. The fourth-order valence-corrected chi connectivity index (χ4v) is 4.29. The van der Waals surface area contributed by atoms with Gasteiger partial charge in [0.25, 0.3) is 5.69 Å². The predicted octanol–water partition coefficient (Wildman–Crippen LogP) is 5.61. The lowest BCUT2D eigenvalue weighted by Gasteiger charge is -2.36. The van der Waals surface area contributed by atoms with E-state index in [9.17, 15) is 14.9 Å². The van der Waals surface area contributed by atoms with Crippen LogP contribution in [0.5, 0.6) is 5.75 Å². The van der Waals surface area contributed by atoms with E-state index >= 15 is 0 Å². The van der Waals surface area contributed by atoms with E-state index in [0.29, 0.717) is 31.7 Å². The standard InChI is InChI=1S/C26H28N2O5/c1-3-18(2)33-24-13-12-23(21-6-4-5-7-22(21)24)27-25(29)26(14-16-32-17-15-26)19-8-10-20(11-9-19)28(30)31/h4-13,18H,3,14-17H2,1-2H3,(H,27,29). The highest BCUT2D eigenvalue weighted by Gasteiger charge is 2.42. The van der Waals surface area contributed by atoms with Crippen LogP contribution >= 0.6 is 0 Å². The number of nitro groups is 1. The molecular formula is C26H28N2O5. The fourth-order valence-electron chi connectivity index (χ4n) is 4.29. The second kappa shape index (κ2) is 9.58. The van der Waals surface area contributed by atoms with E-state index in [-0.39, 0.29) is 17.7 Å². The van der Waals surface area contributed by atoms with E-state index in [2.05, 4.69) is 12.2 Å². The van der Waals surface area contributed by atoms with Gasteiger partial charge in [-0.05, 0) is 43.9 Å². The molecule has 0 aliphatic carbocycles. The molecule has 7 nitrogen and oxygen atoms in total. The highest BCUT2D eigenvalue weighted by molar-refractivity contribution is 6.07. The molecule has 1 atom stereocenters. The summed E-state index contributed by atoms with van der Waals surface area (Å²) < 4.78 is 11.6. The number of carbonyl (C=O) groups excluding carboxylic acids is 1. The van der Waals surface area contributed by atoms with E-state index in [4.69, 9.17) is 9.47 Å². The number of amides is 1. The van der Waals surface area contributed by atoms with Gasteiger partial charge in [-0.25, -0.2) is 0 Å². The number of carbonyl (C=O) groups is 1. The first kappa shape index (κ1) is 22.7. The average Bonchev–Trinajstić information content (AvgIpc) is 2.85. The first-order chi connectivity index (χ1) is 15.9. The SMILES string of the molecule is CCC(C)Oc1ccc(NC(=O)C2(c3ccc([N+](=O)[O-])cc3)CCOCC2)c2ccccc12. The highest BCUT2D eigenvalue weighted by atomic mass is 16.6. The Labute approximate surface area is 192 Å². The minimum Gasteiger partial charge on any atom is -0.490 e. The van der Waals surface area contributed by atoms with Gasteiger partial charge in [-0.1, -0.05) is 43.3 Å². The summed E-state index contributed by atoms with van der Waals surface area (Å²) in [5.74, 6) is 0.648. The molecule has 1 amide bonds. The molecule has 33 heavy (non-hydrogen) atoms. The lowest BCUT2D eigenvalue weighted by molar-refractivity contribution is -0.384. The third kappa shape index (κ3) is 4.54. The van der Waals surface area contributed by atoms with Crippen molar-refractivity contribution in [1.82, 2.24) is 0 Å². The van der Waals surface area contributed by atoms with Crippen LogP contribution in [-0.2, 0) is 14.9 Å². The number of rotatable bonds is 7. The Kier molecular flexibility index (Phi) is 6.60. The molecule has 1 aliphatic rings. The minimum atomic E-state index is -0.819. The number of nitro benzene ring substituents is 1. The zero-order chi connectivity index (χ0) is 23.4. The van der Waals surface area contributed by atoms with Crippen molar-refractivity contribution in [2.45, 2.75) is 44.6 Å². The van der Waals surface area contributed by atoms with Gasteiger partial charge in [0.2, 0.25) is 5.91 Å². The fraction of sp³-hybridized carbons (Fsp3) is 0.346. The van der Waals surface area contributed by atoms with Crippen molar-refractivity contribution >= 4 is 28.1 Å².